The highest BCUT2D eigenvalue weighted by Gasteiger charge is 2.00. The molecule has 2 nitrogen and oxygen atoms in total. The number of allylic oxidation sites excluding steroid dienone is 3. The summed E-state index contributed by atoms with van der Waals surface area (Å²) < 4.78 is 0. The van der Waals surface area contributed by atoms with Crippen molar-refractivity contribution in [3.05, 3.63) is 36.7 Å². The van der Waals surface area contributed by atoms with Crippen LogP contribution >= 0.6 is 0 Å². The Morgan fingerprint density at radius 1 is 1.70 bits per heavy atom. The second kappa shape index (κ2) is 3.01. The van der Waals surface area contributed by atoms with Crippen LogP contribution in [0, 0.1) is 0 Å². The first-order chi connectivity index (χ1) is 4.88. The maximum atomic E-state index is 4.04. The van der Waals surface area contributed by atoms with Gasteiger partial charge in [0, 0.05) is 12.4 Å². The highest BCUT2D eigenvalue weighted by molar-refractivity contribution is 5.73. The topological polar surface area (TPSA) is 15.6 Å². The Morgan fingerprint density at radius 2 is 2.50 bits per heavy atom. The first kappa shape index (κ1) is 6.81. The van der Waals surface area contributed by atoms with E-state index in [9.17, 15) is 0 Å². The lowest BCUT2D eigenvalue weighted by molar-refractivity contribution is 0.514. The zero-order valence-corrected chi connectivity index (χ0v) is 5.99. The molecule has 0 bridgehead atoms. The Bertz CT molecular complexity index is 211. The molecule has 0 spiro atoms. The predicted molar refractivity (Wildman–Crippen MR) is 43.4 cm³/mol. The van der Waals surface area contributed by atoms with Crippen LogP contribution in [0.3, 0.4) is 0 Å². The quantitative estimate of drug-likeness (QED) is 0.534. The molecule has 0 amide bonds. The molecule has 0 unspecified atom stereocenters. The van der Waals surface area contributed by atoms with Crippen molar-refractivity contribution in [3.8, 4) is 0 Å². The van der Waals surface area contributed by atoms with Gasteiger partial charge in [-0.3, -0.25) is 0 Å². The second-order valence-corrected chi connectivity index (χ2v) is 1.86. The molecule has 0 aromatic rings. The molecule has 0 saturated carbocycles. The molecule has 0 N–H and O–H groups in total. The molecule has 0 fully saturated rings. The first-order valence-electron chi connectivity index (χ1n) is 3.17. The van der Waals surface area contributed by atoms with Crippen LogP contribution in [-0.4, -0.2) is 11.2 Å². The molecule has 10 heavy (non-hydrogen) atoms. The molecule has 2 heteroatoms. The van der Waals surface area contributed by atoms with Crippen LogP contribution in [0.1, 0.15) is 6.92 Å². The van der Waals surface area contributed by atoms with Gasteiger partial charge >= 0.3 is 0 Å². The average molecular weight is 134 g/mol. The van der Waals surface area contributed by atoms with Gasteiger partial charge in [0.25, 0.3) is 0 Å². The summed E-state index contributed by atoms with van der Waals surface area (Å²) in [4.78, 5) is 0. The molecule has 0 aromatic carbocycles. The summed E-state index contributed by atoms with van der Waals surface area (Å²) in [6.45, 7) is 5.59. The number of hydrazone groups is 1. The minimum atomic E-state index is 1.05. The van der Waals surface area contributed by atoms with Crippen molar-refractivity contribution in [2.45, 2.75) is 6.92 Å². The van der Waals surface area contributed by atoms with Gasteiger partial charge in [0.15, 0.2) is 0 Å². The van der Waals surface area contributed by atoms with Crippen molar-refractivity contribution in [1.29, 1.82) is 0 Å². The Balaban J connectivity index is 2.83. The molecular formula is C8H10N2. The van der Waals surface area contributed by atoms with Gasteiger partial charge < -0.3 is 0 Å². The molecule has 1 aliphatic heterocycles. The Labute approximate surface area is 60.8 Å². The maximum absolute atomic E-state index is 4.04. The highest BCUT2D eigenvalue weighted by Crippen LogP contribution is 2.09. The highest BCUT2D eigenvalue weighted by atomic mass is 15.4. The van der Waals surface area contributed by atoms with Crippen molar-refractivity contribution < 1.29 is 0 Å². The summed E-state index contributed by atoms with van der Waals surface area (Å²) in [5.74, 6) is 0. The van der Waals surface area contributed by atoms with Crippen molar-refractivity contribution in [3.63, 3.8) is 0 Å². The normalized spacial score (nSPS) is 20.1. The Kier molecular flexibility index (Phi) is 2.05. The van der Waals surface area contributed by atoms with Gasteiger partial charge in [-0.15, -0.1) is 0 Å². The second-order valence-electron chi connectivity index (χ2n) is 1.86. The van der Waals surface area contributed by atoms with Crippen molar-refractivity contribution in [2.75, 3.05) is 0 Å². The fraction of sp³-hybridized carbons (Fsp3) is 0.125. The molecule has 0 aliphatic carbocycles. The monoisotopic (exact) mass is 134 g/mol. The predicted octanol–water partition coefficient (Wildman–Crippen LogP) is 1.89. The van der Waals surface area contributed by atoms with Gasteiger partial charge in [0.05, 0.1) is 5.70 Å². The average Bonchev–Trinajstić information content (AvgIpc) is 2.04. The van der Waals surface area contributed by atoms with Crippen LogP contribution in [0.15, 0.2) is 41.8 Å². The van der Waals surface area contributed by atoms with Gasteiger partial charge in [0.2, 0.25) is 0 Å². The summed E-state index contributed by atoms with van der Waals surface area (Å²) in [7, 11) is 0. The third-order valence-corrected chi connectivity index (χ3v) is 1.28. The van der Waals surface area contributed by atoms with Crippen LogP contribution in [0.4, 0.5) is 0 Å². The van der Waals surface area contributed by atoms with E-state index in [1.807, 2.05) is 25.2 Å². The van der Waals surface area contributed by atoms with E-state index >= 15 is 0 Å². The molecule has 0 radical (unpaired) electrons. The number of nitrogens with zero attached hydrogens (tertiary/aromatic N) is 2. The van der Waals surface area contributed by atoms with Crippen molar-refractivity contribution >= 4 is 6.21 Å². The fourth-order valence-corrected chi connectivity index (χ4v) is 0.776. The molecule has 0 saturated heterocycles. The van der Waals surface area contributed by atoms with E-state index in [-0.39, 0.29) is 0 Å². The van der Waals surface area contributed by atoms with E-state index in [1.54, 1.807) is 17.4 Å². The number of hydrogen-bond donors (Lipinski definition) is 0. The zero-order chi connectivity index (χ0) is 7.40. The third-order valence-electron chi connectivity index (χ3n) is 1.28. The summed E-state index contributed by atoms with van der Waals surface area (Å²) >= 11 is 0. The fourth-order valence-electron chi connectivity index (χ4n) is 0.776. The van der Waals surface area contributed by atoms with Gasteiger partial charge in [0.1, 0.15) is 0 Å². The Morgan fingerprint density at radius 3 is 3.00 bits per heavy atom. The van der Waals surface area contributed by atoms with Crippen molar-refractivity contribution in [1.82, 2.24) is 5.01 Å². The van der Waals surface area contributed by atoms with Crippen LogP contribution in [-0.2, 0) is 0 Å². The molecule has 0 atom stereocenters. The summed E-state index contributed by atoms with van der Waals surface area (Å²) in [5, 5.41) is 5.76. The zero-order valence-electron chi connectivity index (χ0n) is 5.99. The minimum Gasteiger partial charge on any atom is -0.242 e. The van der Waals surface area contributed by atoms with Crippen LogP contribution in [0.25, 0.3) is 0 Å². The van der Waals surface area contributed by atoms with E-state index in [1.165, 1.54) is 0 Å². The summed E-state index contributed by atoms with van der Waals surface area (Å²) in [5.41, 5.74) is 1.05. The lowest BCUT2D eigenvalue weighted by atomic mass is 10.3. The van der Waals surface area contributed by atoms with E-state index in [0.29, 0.717) is 0 Å². The van der Waals surface area contributed by atoms with E-state index in [4.69, 9.17) is 0 Å². The van der Waals surface area contributed by atoms with Crippen LogP contribution in [0.2, 0.25) is 0 Å². The van der Waals surface area contributed by atoms with E-state index in [2.05, 4.69) is 11.7 Å². The van der Waals surface area contributed by atoms with Crippen molar-refractivity contribution in [2.24, 2.45) is 5.10 Å². The number of hydrogen-bond acceptors (Lipinski definition) is 2. The Hall–Kier alpha value is -1.31. The molecule has 1 rings (SSSR count). The minimum absolute atomic E-state index is 1.05. The van der Waals surface area contributed by atoms with Gasteiger partial charge in [-0.05, 0) is 19.1 Å². The lowest BCUT2D eigenvalue weighted by Gasteiger charge is -2.16. The summed E-state index contributed by atoms with van der Waals surface area (Å²) in [6.07, 6.45) is 9.27. The van der Waals surface area contributed by atoms with Gasteiger partial charge in [-0.1, -0.05) is 12.7 Å². The maximum Gasteiger partial charge on any atom is 0.0603 e. The molecule has 1 aliphatic rings. The SMILES string of the molecule is C=CN1N=CC=C/C1=C/C. The van der Waals surface area contributed by atoms with E-state index < -0.39 is 0 Å². The third kappa shape index (κ3) is 1.16. The molecule has 0 aromatic heterocycles. The molecule has 52 valence electrons. The summed E-state index contributed by atoms with van der Waals surface area (Å²) in [6, 6.07) is 0. The largest absolute Gasteiger partial charge is 0.242 e. The molecule has 1 heterocycles. The van der Waals surface area contributed by atoms with Crippen LogP contribution in [0.5, 0.6) is 0 Å². The lowest BCUT2D eigenvalue weighted by Crippen LogP contribution is -2.09. The van der Waals surface area contributed by atoms with Gasteiger partial charge in [-0.25, -0.2) is 5.01 Å². The number of rotatable bonds is 1. The van der Waals surface area contributed by atoms with E-state index in [0.717, 1.165) is 5.70 Å². The smallest absolute Gasteiger partial charge is 0.0603 e. The molecular weight excluding hydrogens is 124 g/mol. The standard InChI is InChI=1S/C8H10N2/c1-3-8-6-5-7-9-10(8)4-2/h3-7H,2H2,1H3/b8-3-. The first-order valence-corrected chi connectivity index (χ1v) is 3.17. The van der Waals surface area contributed by atoms with Crippen LogP contribution < -0.4 is 0 Å². The van der Waals surface area contributed by atoms with Gasteiger partial charge in [-0.2, -0.15) is 5.10 Å².